The molecule has 0 radical (unpaired) electrons. The number of Topliss-reactive ketones (excluding diaryl/α,β-unsaturated/α-hetero) is 1. The number of hydrogen-bond donors (Lipinski definition) is 0. The molecule has 0 spiro atoms. The van der Waals surface area contributed by atoms with E-state index in [1.54, 1.807) is 33.5 Å². The molecule has 3 rings (SSSR count). The maximum Gasteiger partial charge on any atom is 0.231 e. The number of ether oxygens (including phenoxy) is 3. The van der Waals surface area contributed by atoms with Crippen LogP contribution >= 0.6 is 0 Å². The van der Waals surface area contributed by atoms with Gasteiger partial charge in [-0.2, -0.15) is 0 Å². The van der Waals surface area contributed by atoms with Crippen LogP contribution in [0.2, 0.25) is 0 Å². The number of para-hydroxylation sites is 1. The van der Waals surface area contributed by atoms with Crippen LogP contribution in [0.25, 0.3) is 10.9 Å². The topological polar surface area (TPSA) is 49.7 Å². The van der Waals surface area contributed by atoms with E-state index in [1.165, 1.54) is 0 Å². The Morgan fingerprint density at radius 3 is 2.40 bits per heavy atom. The number of aryl methyl sites for hydroxylation is 2. The molecule has 0 bridgehead atoms. The summed E-state index contributed by atoms with van der Waals surface area (Å²) in [5.41, 5.74) is 3.32. The highest BCUT2D eigenvalue weighted by Crippen LogP contribution is 2.36. The standard InChI is InChI=1S/C20H23NO4/c1-13-15-8-6-7-9-16(15)21(2)18(13)19(22)14-10-11-17(23-3)20(12-14,24-4)25-5/h6-11H,12H2,1-5H3. The average molecular weight is 341 g/mol. The molecule has 0 fully saturated rings. The molecule has 0 unspecified atom stereocenters. The molecule has 0 saturated carbocycles. The second kappa shape index (κ2) is 6.50. The van der Waals surface area contributed by atoms with Crippen molar-refractivity contribution < 1.29 is 19.0 Å². The molecular formula is C20H23NO4. The van der Waals surface area contributed by atoms with Gasteiger partial charge in [0.25, 0.3) is 0 Å². The lowest BCUT2D eigenvalue weighted by Gasteiger charge is -2.34. The molecular weight excluding hydrogens is 318 g/mol. The van der Waals surface area contributed by atoms with Gasteiger partial charge < -0.3 is 18.8 Å². The Morgan fingerprint density at radius 2 is 1.80 bits per heavy atom. The van der Waals surface area contributed by atoms with E-state index < -0.39 is 5.79 Å². The smallest absolute Gasteiger partial charge is 0.231 e. The molecule has 0 atom stereocenters. The first-order chi connectivity index (χ1) is 12.0. The zero-order chi connectivity index (χ0) is 18.2. The van der Waals surface area contributed by atoms with Crippen LogP contribution in [0.15, 0.2) is 47.7 Å². The van der Waals surface area contributed by atoms with E-state index in [2.05, 4.69) is 0 Å². The molecule has 5 heteroatoms. The Hall–Kier alpha value is -2.37. The molecule has 5 nitrogen and oxygen atoms in total. The number of hydrogen-bond acceptors (Lipinski definition) is 4. The van der Waals surface area contributed by atoms with Crippen molar-refractivity contribution in [2.75, 3.05) is 21.3 Å². The minimum atomic E-state index is -1.08. The predicted octanol–water partition coefficient (Wildman–Crippen LogP) is 3.52. The number of nitrogens with zero attached hydrogens (tertiary/aromatic N) is 1. The fourth-order valence-electron chi connectivity index (χ4n) is 3.57. The normalized spacial score (nSPS) is 16.5. The predicted molar refractivity (Wildman–Crippen MR) is 96.5 cm³/mol. The minimum absolute atomic E-state index is 0.0268. The average Bonchev–Trinajstić information content (AvgIpc) is 2.91. The fraction of sp³-hybridized carbons (Fsp3) is 0.350. The third kappa shape index (κ3) is 2.60. The van der Waals surface area contributed by atoms with Crippen molar-refractivity contribution in [1.29, 1.82) is 0 Å². The quantitative estimate of drug-likeness (QED) is 0.617. The summed E-state index contributed by atoms with van der Waals surface area (Å²) in [6.07, 6.45) is 3.82. The lowest BCUT2D eigenvalue weighted by molar-refractivity contribution is -0.199. The van der Waals surface area contributed by atoms with Gasteiger partial charge in [0.2, 0.25) is 11.6 Å². The Morgan fingerprint density at radius 1 is 1.12 bits per heavy atom. The second-order valence-corrected chi connectivity index (χ2v) is 6.14. The Bertz CT molecular complexity index is 845. The third-order valence-corrected chi connectivity index (χ3v) is 4.98. The summed E-state index contributed by atoms with van der Waals surface area (Å²) in [7, 11) is 6.58. The van der Waals surface area contributed by atoms with Crippen molar-refractivity contribution in [2.45, 2.75) is 19.1 Å². The van der Waals surface area contributed by atoms with Crippen molar-refractivity contribution in [3.8, 4) is 0 Å². The molecule has 1 aromatic heterocycles. The van der Waals surface area contributed by atoms with Gasteiger partial charge in [-0.1, -0.05) is 24.3 Å². The zero-order valence-corrected chi connectivity index (χ0v) is 15.3. The Labute approximate surface area is 147 Å². The largest absolute Gasteiger partial charge is 0.495 e. The summed E-state index contributed by atoms with van der Waals surface area (Å²) in [6.45, 7) is 1.98. The second-order valence-electron chi connectivity index (χ2n) is 6.14. The number of rotatable bonds is 5. The van der Waals surface area contributed by atoms with Crippen LogP contribution in [0.3, 0.4) is 0 Å². The Kier molecular flexibility index (Phi) is 4.54. The maximum atomic E-state index is 13.3. The molecule has 25 heavy (non-hydrogen) atoms. The van der Waals surface area contributed by atoms with Gasteiger partial charge in [0.1, 0.15) is 0 Å². The highest BCUT2D eigenvalue weighted by Gasteiger charge is 2.41. The van der Waals surface area contributed by atoms with Crippen molar-refractivity contribution in [3.05, 3.63) is 59.0 Å². The molecule has 0 saturated heterocycles. The van der Waals surface area contributed by atoms with E-state index in [4.69, 9.17) is 14.2 Å². The van der Waals surface area contributed by atoms with Crippen LogP contribution in [0.1, 0.15) is 22.5 Å². The zero-order valence-electron chi connectivity index (χ0n) is 15.3. The van der Waals surface area contributed by atoms with Crippen molar-refractivity contribution in [1.82, 2.24) is 4.57 Å². The lowest BCUT2D eigenvalue weighted by atomic mass is 9.92. The van der Waals surface area contributed by atoms with E-state index in [0.717, 1.165) is 16.5 Å². The van der Waals surface area contributed by atoms with E-state index in [1.807, 2.05) is 42.8 Å². The molecule has 1 heterocycles. The molecule has 132 valence electrons. The molecule has 2 aromatic rings. The van der Waals surface area contributed by atoms with Crippen LogP contribution in [-0.2, 0) is 21.3 Å². The number of fused-ring (bicyclic) bond motifs is 1. The van der Waals surface area contributed by atoms with Crippen molar-refractivity contribution in [2.24, 2.45) is 7.05 Å². The third-order valence-electron chi connectivity index (χ3n) is 4.98. The summed E-state index contributed by atoms with van der Waals surface area (Å²) in [5, 5.41) is 1.09. The van der Waals surface area contributed by atoms with Crippen molar-refractivity contribution >= 4 is 16.7 Å². The first-order valence-electron chi connectivity index (χ1n) is 8.13. The van der Waals surface area contributed by atoms with Gasteiger partial charge in [0.05, 0.1) is 12.8 Å². The number of methoxy groups -OCH3 is 3. The van der Waals surface area contributed by atoms with Gasteiger partial charge in [-0.05, 0) is 24.6 Å². The van der Waals surface area contributed by atoms with E-state index in [0.29, 0.717) is 23.4 Å². The summed E-state index contributed by atoms with van der Waals surface area (Å²) in [6, 6.07) is 8.02. The minimum Gasteiger partial charge on any atom is -0.495 e. The monoisotopic (exact) mass is 341 g/mol. The molecule has 1 aromatic carbocycles. The van der Waals surface area contributed by atoms with E-state index in [-0.39, 0.29) is 5.78 Å². The fourth-order valence-corrected chi connectivity index (χ4v) is 3.57. The number of carbonyl (C=O) groups excluding carboxylic acids is 1. The van der Waals surface area contributed by atoms with E-state index >= 15 is 0 Å². The summed E-state index contributed by atoms with van der Waals surface area (Å²) in [4.78, 5) is 13.3. The number of carbonyl (C=O) groups is 1. The SMILES string of the molecule is COC1=CC=C(C(=O)c2c(C)c3ccccc3n2C)CC1(OC)OC. The highest BCUT2D eigenvalue weighted by molar-refractivity contribution is 6.12. The lowest BCUT2D eigenvalue weighted by Crippen LogP contribution is -2.39. The number of benzene rings is 1. The maximum absolute atomic E-state index is 13.3. The summed E-state index contributed by atoms with van der Waals surface area (Å²) >= 11 is 0. The summed E-state index contributed by atoms with van der Waals surface area (Å²) in [5.74, 6) is -0.559. The molecule has 0 N–H and O–H groups in total. The van der Waals surface area contributed by atoms with E-state index in [9.17, 15) is 4.79 Å². The van der Waals surface area contributed by atoms with Gasteiger partial charge in [0.15, 0.2) is 5.76 Å². The van der Waals surface area contributed by atoms with Crippen molar-refractivity contribution in [3.63, 3.8) is 0 Å². The summed E-state index contributed by atoms with van der Waals surface area (Å²) < 4.78 is 18.4. The van der Waals surface area contributed by atoms with Crippen LogP contribution < -0.4 is 0 Å². The van der Waals surface area contributed by atoms with Gasteiger partial charge in [-0.3, -0.25) is 4.79 Å². The molecule has 1 aliphatic rings. The van der Waals surface area contributed by atoms with Crippen LogP contribution in [0, 0.1) is 6.92 Å². The van der Waals surface area contributed by atoms with Gasteiger partial charge >= 0.3 is 0 Å². The molecule has 0 aliphatic heterocycles. The van der Waals surface area contributed by atoms with Gasteiger partial charge in [-0.15, -0.1) is 0 Å². The first-order valence-corrected chi connectivity index (χ1v) is 8.13. The first kappa shape index (κ1) is 17.5. The Balaban J connectivity index is 2.08. The van der Waals surface area contributed by atoms with Crippen LogP contribution in [-0.4, -0.2) is 37.5 Å². The number of allylic oxidation sites excluding steroid dienone is 2. The number of aromatic nitrogens is 1. The number of ketones is 1. The van der Waals surface area contributed by atoms with Gasteiger partial charge in [-0.25, -0.2) is 0 Å². The molecule has 0 amide bonds. The van der Waals surface area contributed by atoms with Gasteiger partial charge in [0, 0.05) is 44.2 Å². The molecule has 1 aliphatic carbocycles. The highest BCUT2D eigenvalue weighted by atomic mass is 16.7. The van der Waals surface area contributed by atoms with Crippen LogP contribution in [0.4, 0.5) is 0 Å². The van der Waals surface area contributed by atoms with Crippen LogP contribution in [0.5, 0.6) is 0 Å².